The zero-order chi connectivity index (χ0) is 15.7. The van der Waals surface area contributed by atoms with Crippen molar-refractivity contribution in [2.24, 2.45) is 0 Å². The Balaban J connectivity index is 1.90. The number of hydrogen-bond acceptors (Lipinski definition) is 5. The number of fused-ring (bicyclic) bond motifs is 1. The van der Waals surface area contributed by atoms with Gasteiger partial charge in [0.1, 0.15) is 0 Å². The zero-order valence-corrected chi connectivity index (χ0v) is 13.0. The Morgan fingerprint density at radius 3 is 2.82 bits per heavy atom. The maximum absolute atomic E-state index is 12.5. The minimum Gasteiger partial charge on any atom is -0.339 e. The van der Waals surface area contributed by atoms with Crippen LogP contribution in [0.2, 0.25) is 0 Å². The summed E-state index contributed by atoms with van der Waals surface area (Å²) in [5.41, 5.74) is 2.92. The lowest BCUT2D eigenvalue weighted by molar-refractivity contribution is 0.375. The van der Waals surface area contributed by atoms with E-state index in [4.69, 9.17) is 4.52 Å². The van der Waals surface area contributed by atoms with Crippen molar-refractivity contribution in [2.75, 3.05) is 0 Å². The highest BCUT2D eigenvalue weighted by Gasteiger charge is 2.09. The van der Waals surface area contributed by atoms with Crippen LogP contribution in [0.5, 0.6) is 0 Å². The second-order valence-corrected chi connectivity index (χ2v) is 5.35. The highest BCUT2D eigenvalue weighted by atomic mass is 16.5. The van der Waals surface area contributed by atoms with Crippen LogP contribution in [0.4, 0.5) is 0 Å². The molecular formula is C16H18N4O2. The molecule has 0 aliphatic rings. The van der Waals surface area contributed by atoms with E-state index in [9.17, 15) is 4.79 Å². The number of benzene rings is 1. The third kappa shape index (κ3) is 2.52. The SMILES string of the molecule is CCc1nc(CCn2cnc3c(C)c(C)ccc3c2=O)no1. The van der Waals surface area contributed by atoms with E-state index in [0.29, 0.717) is 36.5 Å². The molecule has 3 rings (SSSR count). The summed E-state index contributed by atoms with van der Waals surface area (Å²) in [7, 11) is 0. The van der Waals surface area contributed by atoms with E-state index in [1.807, 2.05) is 32.9 Å². The summed E-state index contributed by atoms with van der Waals surface area (Å²) in [6.45, 7) is 6.44. The van der Waals surface area contributed by atoms with Crippen molar-refractivity contribution in [2.45, 2.75) is 40.2 Å². The molecular weight excluding hydrogens is 280 g/mol. The molecule has 3 aromatic rings. The average Bonchev–Trinajstić information content (AvgIpc) is 2.98. The Morgan fingerprint density at radius 2 is 2.09 bits per heavy atom. The van der Waals surface area contributed by atoms with Gasteiger partial charge in [0, 0.05) is 19.4 Å². The molecule has 1 aromatic carbocycles. The predicted molar refractivity (Wildman–Crippen MR) is 82.9 cm³/mol. The molecule has 0 fully saturated rings. The molecule has 0 saturated heterocycles. The normalized spacial score (nSPS) is 11.2. The molecule has 22 heavy (non-hydrogen) atoms. The summed E-state index contributed by atoms with van der Waals surface area (Å²) in [6, 6.07) is 3.80. The molecule has 0 aliphatic heterocycles. The van der Waals surface area contributed by atoms with Gasteiger partial charge in [0.15, 0.2) is 5.82 Å². The van der Waals surface area contributed by atoms with Crippen molar-refractivity contribution in [1.29, 1.82) is 0 Å². The Labute approximate surface area is 127 Å². The number of hydrogen-bond donors (Lipinski definition) is 0. The van der Waals surface area contributed by atoms with Gasteiger partial charge in [-0.2, -0.15) is 4.98 Å². The summed E-state index contributed by atoms with van der Waals surface area (Å²) in [4.78, 5) is 21.2. The highest BCUT2D eigenvalue weighted by Crippen LogP contribution is 2.16. The fraction of sp³-hybridized carbons (Fsp3) is 0.375. The Kier molecular flexibility index (Phi) is 3.75. The van der Waals surface area contributed by atoms with Crippen molar-refractivity contribution >= 4 is 10.9 Å². The lowest BCUT2D eigenvalue weighted by Crippen LogP contribution is -2.22. The van der Waals surface area contributed by atoms with E-state index in [0.717, 1.165) is 16.6 Å². The van der Waals surface area contributed by atoms with Gasteiger partial charge in [0.25, 0.3) is 5.56 Å². The van der Waals surface area contributed by atoms with Crippen molar-refractivity contribution < 1.29 is 4.52 Å². The molecule has 0 radical (unpaired) electrons. The molecule has 0 amide bonds. The Bertz CT molecular complexity index is 879. The fourth-order valence-electron chi connectivity index (χ4n) is 2.39. The van der Waals surface area contributed by atoms with Crippen LogP contribution >= 0.6 is 0 Å². The predicted octanol–water partition coefficient (Wildman–Crippen LogP) is 2.20. The van der Waals surface area contributed by atoms with E-state index >= 15 is 0 Å². The van der Waals surface area contributed by atoms with Gasteiger partial charge in [-0.15, -0.1) is 0 Å². The second-order valence-electron chi connectivity index (χ2n) is 5.35. The van der Waals surface area contributed by atoms with E-state index < -0.39 is 0 Å². The first-order valence-electron chi connectivity index (χ1n) is 7.37. The van der Waals surface area contributed by atoms with Gasteiger partial charge < -0.3 is 4.52 Å². The molecule has 0 unspecified atom stereocenters. The van der Waals surface area contributed by atoms with Gasteiger partial charge in [0.05, 0.1) is 17.2 Å². The van der Waals surface area contributed by atoms with Crippen molar-refractivity contribution in [3.63, 3.8) is 0 Å². The van der Waals surface area contributed by atoms with Crippen molar-refractivity contribution in [3.05, 3.63) is 51.7 Å². The molecule has 2 heterocycles. The molecule has 0 aliphatic carbocycles. The summed E-state index contributed by atoms with van der Waals surface area (Å²) >= 11 is 0. The monoisotopic (exact) mass is 298 g/mol. The number of nitrogens with zero attached hydrogens (tertiary/aromatic N) is 4. The summed E-state index contributed by atoms with van der Waals surface area (Å²) < 4.78 is 6.66. The van der Waals surface area contributed by atoms with Gasteiger partial charge >= 0.3 is 0 Å². The topological polar surface area (TPSA) is 73.8 Å². The number of aryl methyl sites for hydroxylation is 5. The quantitative estimate of drug-likeness (QED) is 0.738. The molecule has 0 N–H and O–H groups in total. The Morgan fingerprint density at radius 1 is 1.27 bits per heavy atom. The number of aromatic nitrogens is 4. The minimum atomic E-state index is -0.0349. The van der Waals surface area contributed by atoms with E-state index in [-0.39, 0.29) is 5.56 Å². The summed E-state index contributed by atoms with van der Waals surface area (Å²) in [6.07, 6.45) is 2.85. The van der Waals surface area contributed by atoms with Crippen molar-refractivity contribution in [3.8, 4) is 0 Å². The Hall–Kier alpha value is -2.50. The van der Waals surface area contributed by atoms with Gasteiger partial charge in [-0.3, -0.25) is 9.36 Å². The first-order chi connectivity index (χ1) is 10.6. The maximum Gasteiger partial charge on any atom is 0.261 e. The van der Waals surface area contributed by atoms with Crippen LogP contribution in [0.1, 0.15) is 29.8 Å². The van der Waals surface area contributed by atoms with Gasteiger partial charge in [0.2, 0.25) is 5.89 Å². The van der Waals surface area contributed by atoms with Gasteiger partial charge in [-0.05, 0) is 31.0 Å². The first-order valence-corrected chi connectivity index (χ1v) is 7.37. The standard InChI is InChI=1S/C16H18N4O2/c1-4-14-18-13(19-22-14)7-8-20-9-17-15-11(3)10(2)5-6-12(15)16(20)21/h5-6,9H,4,7-8H2,1-3H3. The molecule has 6 nitrogen and oxygen atoms in total. The van der Waals surface area contributed by atoms with Crippen LogP contribution in [0, 0.1) is 13.8 Å². The lowest BCUT2D eigenvalue weighted by atomic mass is 10.1. The van der Waals surface area contributed by atoms with E-state index in [2.05, 4.69) is 15.1 Å². The van der Waals surface area contributed by atoms with Crippen LogP contribution in [0.25, 0.3) is 10.9 Å². The van der Waals surface area contributed by atoms with Crippen LogP contribution in [-0.4, -0.2) is 19.7 Å². The molecule has 0 saturated carbocycles. The lowest BCUT2D eigenvalue weighted by Gasteiger charge is -2.08. The second kappa shape index (κ2) is 5.71. The zero-order valence-electron chi connectivity index (χ0n) is 13.0. The average molecular weight is 298 g/mol. The highest BCUT2D eigenvalue weighted by molar-refractivity contribution is 5.81. The summed E-state index contributed by atoms with van der Waals surface area (Å²) in [5.74, 6) is 1.23. The third-order valence-electron chi connectivity index (χ3n) is 3.91. The van der Waals surface area contributed by atoms with E-state index in [1.165, 1.54) is 0 Å². The van der Waals surface area contributed by atoms with Crippen LogP contribution in [-0.2, 0) is 19.4 Å². The van der Waals surface area contributed by atoms with Crippen molar-refractivity contribution in [1.82, 2.24) is 19.7 Å². The van der Waals surface area contributed by atoms with Crippen LogP contribution < -0.4 is 5.56 Å². The molecule has 0 spiro atoms. The van der Waals surface area contributed by atoms with Gasteiger partial charge in [-0.1, -0.05) is 18.1 Å². The first kappa shape index (κ1) is 14.4. The molecule has 0 atom stereocenters. The number of rotatable bonds is 4. The fourth-order valence-corrected chi connectivity index (χ4v) is 2.39. The minimum absolute atomic E-state index is 0.0349. The molecule has 114 valence electrons. The maximum atomic E-state index is 12.5. The van der Waals surface area contributed by atoms with Crippen LogP contribution in [0.3, 0.4) is 0 Å². The van der Waals surface area contributed by atoms with E-state index in [1.54, 1.807) is 10.9 Å². The van der Waals surface area contributed by atoms with Crippen LogP contribution in [0.15, 0.2) is 27.8 Å². The summed E-state index contributed by atoms with van der Waals surface area (Å²) in [5, 5.41) is 4.54. The third-order valence-corrected chi connectivity index (χ3v) is 3.91. The molecule has 6 heteroatoms. The van der Waals surface area contributed by atoms with Gasteiger partial charge in [-0.25, -0.2) is 4.98 Å². The molecule has 2 aromatic heterocycles. The molecule has 0 bridgehead atoms. The smallest absolute Gasteiger partial charge is 0.261 e. The largest absolute Gasteiger partial charge is 0.339 e.